The molecule has 0 bridgehead atoms. The number of sulfonamides is 1. The Labute approximate surface area is 125 Å². The van der Waals surface area contributed by atoms with Crippen LogP contribution in [0.4, 0.5) is 0 Å². The van der Waals surface area contributed by atoms with Crippen LogP contribution < -0.4 is 10.0 Å². The predicted molar refractivity (Wildman–Crippen MR) is 82.5 cm³/mol. The first-order valence-corrected chi connectivity index (χ1v) is 9.38. The average Bonchev–Trinajstić information content (AvgIpc) is 2.88. The van der Waals surface area contributed by atoms with Crippen molar-refractivity contribution in [3.63, 3.8) is 0 Å². The summed E-state index contributed by atoms with van der Waals surface area (Å²) in [5.74, 6) is 0. The minimum absolute atomic E-state index is 0.0290. The molecule has 0 aliphatic carbocycles. The van der Waals surface area contributed by atoms with Crippen molar-refractivity contribution in [1.82, 2.24) is 14.9 Å². The topological polar surface area (TPSA) is 61.4 Å². The van der Waals surface area contributed by atoms with Gasteiger partial charge in [0.2, 0.25) is 10.0 Å². The van der Waals surface area contributed by atoms with Gasteiger partial charge in [0.05, 0.1) is 4.90 Å². The second kappa shape index (κ2) is 7.00. The molecule has 1 saturated heterocycles. The summed E-state index contributed by atoms with van der Waals surface area (Å²) in [6, 6.07) is 1.78. The molecule has 1 aromatic heterocycles. The molecule has 114 valence electrons. The van der Waals surface area contributed by atoms with E-state index in [1.165, 1.54) is 11.3 Å². The van der Waals surface area contributed by atoms with Gasteiger partial charge in [-0.1, -0.05) is 6.92 Å². The van der Waals surface area contributed by atoms with Crippen molar-refractivity contribution in [2.75, 3.05) is 26.7 Å². The molecule has 0 amide bonds. The highest BCUT2D eigenvalue weighted by Crippen LogP contribution is 2.20. The van der Waals surface area contributed by atoms with Crippen molar-refractivity contribution in [3.8, 4) is 0 Å². The van der Waals surface area contributed by atoms with Crippen molar-refractivity contribution in [1.29, 1.82) is 0 Å². The quantitative estimate of drug-likeness (QED) is 0.828. The van der Waals surface area contributed by atoms with E-state index in [-0.39, 0.29) is 6.04 Å². The summed E-state index contributed by atoms with van der Waals surface area (Å²) in [5.41, 5.74) is 0. The zero-order valence-electron chi connectivity index (χ0n) is 12.1. The summed E-state index contributed by atoms with van der Waals surface area (Å²) in [4.78, 5) is 3.71. The van der Waals surface area contributed by atoms with Crippen LogP contribution in [0.15, 0.2) is 16.3 Å². The number of likely N-dealkylation sites (N-methyl/N-ethyl adjacent to an activating group) is 1. The minimum atomic E-state index is -3.38. The summed E-state index contributed by atoms with van der Waals surface area (Å²) in [5, 5.41) is 4.75. The Kier molecular flexibility index (Phi) is 5.57. The normalized spacial score (nSPS) is 21.2. The van der Waals surface area contributed by atoms with Crippen LogP contribution in [-0.2, 0) is 16.6 Å². The highest BCUT2D eigenvalue weighted by Gasteiger charge is 2.25. The lowest BCUT2D eigenvalue weighted by molar-refractivity contribution is 0.211. The van der Waals surface area contributed by atoms with Gasteiger partial charge in [-0.15, -0.1) is 11.3 Å². The van der Waals surface area contributed by atoms with E-state index in [1.54, 1.807) is 11.4 Å². The third-order valence-corrected chi connectivity index (χ3v) is 6.15. The van der Waals surface area contributed by atoms with E-state index < -0.39 is 10.0 Å². The molecule has 1 aliphatic rings. The van der Waals surface area contributed by atoms with E-state index in [0.29, 0.717) is 11.4 Å². The van der Waals surface area contributed by atoms with Crippen molar-refractivity contribution >= 4 is 21.4 Å². The molecule has 1 fully saturated rings. The number of piperidine rings is 1. The number of nitrogens with zero attached hydrogens (tertiary/aromatic N) is 1. The number of hydrogen-bond donors (Lipinski definition) is 2. The monoisotopic (exact) mass is 317 g/mol. The fourth-order valence-electron chi connectivity index (χ4n) is 2.49. The van der Waals surface area contributed by atoms with Crippen LogP contribution in [0.25, 0.3) is 0 Å². The standard InChI is InChI=1S/C13H23N3O2S2/c1-3-16-6-4-5-11(9-16)15-20(17,18)13-7-12(8-14-2)19-10-13/h7,10-11,14-15H,3-6,8-9H2,1-2H3. The van der Waals surface area contributed by atoms with Crippen LogP contribution in [0.2, 0.25) is 0 Å². The van der Waals surface area contributed by atoms with Crippen molar-refractivity contribution in [3.05, 3.63) is 16.3 Å². The molecule has 0 saturated carbocycles. The molecule has 2 rings (SSSR count). The molecule has 0 aromatic carbocycles. The fourth-order valence-corrected chi connectivity index (χ4v) is 5.04. The second-order valence-corrected chi connectivity index (χ2v) is 7.84. The molecule has 0 radical (unpaired) electrons. The lowest BCUT2D eigenvalue weighted by Crippen LogP contribution is -2.47. The van der Waals surface area contributed by atoms with E-state index in [0.717, 1.165) is 37.4 Å². The molecule has 7 heteroatoms. The minimum Gasteiger partial charge on any atom is -0.315 e. The van der Waals surface area contributed by atoms with Gasteiger partial charge in [0.15, 0.2) is 0 Å². The zero-order chi connectivity index (χ0) is 14.6. The number of rotatable bonds is 6. The second-order valence-electron chi connectivity index (χ2n) is 5.13. The van der Waals surface area contributed by atoms with Gasteiger partial charge in [0.25, 0.3) is 0 Å². The number of likely N-dealkylation sites (tertiary alicyclic amines) is 1. The Morgan fingerprint density at radius 1 is 1.50 bits per heavy atom. The van der Waals surface area contributed by atoms with Crippen molar-refractivity contribution < 1.29 is 8.42 Å². The van der Waals surface area contributed by atoms with E-state index >= 15 is 0 Å². The highest BCUT2D eigenvalue weighted by atomic mass is 32.2. The van der Waals surface area contributed by atoms with E-state index in [1.807, 2.05) is 7.05 Å². The first-order chi connectivity index (χ1) is 9.55. The predicted octanol–water partition coefficient (Wildman–Crippen LogP) is 1.23. The summed E-state index contributed by atoms with van der Waals surface area (Å²) in [6.07, 6.45) is 1.97. The molecule has 2 heterocycles. The highest BCUT2D eigenvalue weighted by molar-refractivity contribution is 7.89. The van der Waals surface area contributed by atoms with Crippen LogP contribution in [0.5, 0.6) is 0 Å². The number of thiophene rings is 1. The van der Waals surface area contributed by atoms with Gasteiger partial charge < -0.3 is 10.2 Å². The summed E-state index contributed by atoms with van der Waals surface area (Å²) in [7, 11) is -1.53. The van der Waals surface area contributed by atoms with Gasteiger partial charge in [0, 0.05) is 29.4 Å². The zero-order valence-corrected chi connectivity index (χ0v) is 13.7. The summed E-state index contributed by atoms with van der Waals surface area (Å²) >= 11 is 1.48. The molecule has 20 heavy (non-hydrogen) atoms. The molecule has 1 aliphatic heterocycles. The van der Waals surface area contributed by atoms with Gasteiger partial charge in [-0.05, 0) is 39.0 Å². The van der Waals surface area contributed by atoms with Crippen molar-refractivity contribution in [2.24, 2.45) is 0 Å². The van der Waals surface area contributed by atoms with Gasteiger partial charge in [0.1, 0.15) is 0 Å². The smallest absolute Gasteiger partial charge is 0.241 e. The molecule has 1 unspecified atom stereocenters. The maximum Gasteiger partial charge on any atom is 0.241 e. The van der Waals surface area contributed by atoms with Crippen LogP contribution >= 0.6 is 11.3 Å². The maximum atomic E-state index is 12.4. The Balaban J connectivity index is 2.02. The van der Waals surface area contributed by atoms with Crippen LogP contribution in [0, 0.1) is 0 Å². The maximum absolute atomic E-state index is 12.4. The van der Waals surface area contributed by atoms with Gasteiger partial charge in [-0.2, -0.15) is 0 Å². The molecule has 1 aromatic rings. The summed E-state index contributed by atoms with van der Waals surface area (Å²) in [6.45, 7) is 5.67. The van der Waals surface area contributed by atoms with Gasteiger partial charge in [-0.3, -0.25) is 0 Å². The van der Waals surface area contributed by atoms with E-state index in [4.69, 9.17) is 0 Å². The fraction of sp³-hybridized carbons (Fsp3) is 0.692. The molecule has 5 nitrogen and oxygen atoms in total. The Hall–Kier alpha value is -0.470. The van der Waals surface area contributed by atoms with E-state index in [2.05, 4.69) is 21.9 Å². The first kappa shape index (κ1) is 15.9. The third-order valence-electron chi connectivity index (χ3n) is 3.57. The average molecular weight is 317 g/mol. The third kappa shape index (κ3) is 4.02. The molecule has 0 spiro atoms. The Bertz CT molecular complexity index is 527. The van der Waals surface area contributed by atoms with Crippen LogP contribution in [-0.4, -0.2) is 46.0 Å². The molecular formula is C13H23N3O2S2. The number of hydrogen-bond acceptors (Lipinski definition) is 5. The van der Waals surface area contributed by atoms with Crippen molar-refractivity contribution in [2.45, 2.75) is 37.2 Å². The lowest BCUT2D eigenvalue weighted by Gasteiger charge is -2.31. The van der Waals surface area contributed by atoms with Crippen LogP contribution in [0.1, 0.15) is 24.6 Å². The molecule has 1 atom stereocenters. The Morgan fingerprint density at radius 3 is 3.00 bits per heavy atom. The summed E-state index contributed by atoms with van der Waals surface area (Å²) < 4.78 is 27.6. The lowest BCUT2D eigenvalue weighted by atomic mass is 10.1. The molecular weight excluding hydrogens is 294 g/mol. The van der Waals surface area contributed by atoms with Crippen LogP contribution in [0.3, 0.4) is 0 Å². The van der Waals surface area contributed by atoms with E-state index in [9.17, 15) is 8.42 Å². The van der Waals surface area contributed by atoms with Gasteiger partial charge in [-0.25, -0.2) is 13.1 Å². The molecule has 2 N–H and O–H groups in total. The number of nitrogens with one attached hydrogen (secondary N) is 2. The van der Waals surface area contributed by atoms with Gasteiger partial charge >= 0.3 is 0 Å². The largest absolute Gasteiger partial charge is 0.315 e. The Morgan fingerprint density at radius 2 is 2.30 bits per heavy atom. The SMILES string of the molecule is CCN1CCCC(NS(=O)(=O)c2csc(CNC)c2)C1. The first-order valence-electron chi connectivity index (χ1n) is 7.02.